The standard InChI is InChI=1S/C32H31FN4O3S/c1-21-8-5-6-12-26(21)31-29-30(22-9-3-2-4-10-22)35-37(24-15-13-23(33)14-16-24)32(29)36(28(39)20-41-31)19-27(38)34-18-25-11-7-17-40-25/h2-6,8-10,12-16,25,31H,7,11,17-20H2,1H3,(H,34,38)/t25-,31+/m1/s1. The largest absolute Gasteiger partial charge is 0.376 e. The highest BCUT2D eigenvalue weighted by atomic mass is 32.2. The molecule has 0 aliphatic carbocycles. The summed E-state index contributed by atoms with van der Waals surface area (Å²) in [7, 11) is 0. The van der Waals surface area contributed by atoms with Crippen molar-refractivity contribution >= 4 is 29.4 Å². The van der Waals surface area contributed by atoms with Gasteiger partial charge in [-0.05, 0) is 55.2 Å². The van der Waals surface area contributed by atoms with Gasteiger partial charge in [0.25, 0.3) is 0 Å². The van der Waals surface area contributed by atoms with Crippen molar-refractivity contribution in [3.05, 3.63) is 101 Å². The first-order valence-electron chi connectivity index (χ1n) is 13.8. The average Bonchev–Trinajstić information content (AvgIpc) is 3.62. The fraction of sp³-hybridized carbons (Fsp3) is 0.281. The minimum Gasteiger partial charge on any atom is -0.376 e. The number of rotatable bonds is 7. The molecule has 1 saturated heterocycles. The van der Waals surface area contributed by atoms with Crippen molar-refractivity contribution in [2.45, 2.75) is 31.1 Å². The highest BCUT2D eigenvalue weighted by Crippen LogP contribution is 2.49. The Balaban J connectivity index is 1.52. The second-order valence-electron chi connectivity index (χ2n) is 10.3. The van der Waals surface area contributed by atoms with E-state index in [4.69, 9.17) is 9.84 Å². The maximum absolute atomic E-state index is 14.0. The molecule has 1 N–H and O–H groups in total. The summed E-state index contributed by atoms with van der Waals surface area (Å²) in [6.07, 6.45) is 1.87. The lowest BCUT2D eigenvalue weighted by atomic mass is 9.97. The SMILES string of the molecule is Cc1ccccc1[C@@H]1SCC(=O)N(CC(=O)NC[C@H]2CCCO2)c2c1c(-c1ccccc1)nn2-c1ccc(F)cc1. The van der Waals surface area contributed by atoms with Crippen LogP contribution in [0, 0.1) is 12.7 Å². The summed E-state index contributed by atoms with van der Waals surface area (Å²) in [5.74, 6) is -0.129. The molecule has 1 aromatic heterocycles. The van der Waals surface area contributed by atoms with E-state index in [0.717, 1.165) is 35.1 Å². The number of halogens is 1. The second kappa shape index (κ2) is 11.9. The topological polar surface area (TPSA) is 76.5 Å². The van der Waals surface area contributed by atoms with Crippen LogP contribution in [0.3, 0.4) is 0 Å². The van der Waals surface area contributed by atoms with Crippen LogP contribution in [0.25, 0.3) is 16.9 Å². The van der Waals surface area contributed by atoms with Crippen LogP contribution in [0.1, 0.15) is 34.8 Å². The van der Waals surface area contributed by atoms with E-state index in [0.29, 0.717) is 30.4 Å². The number of ether oxygens (including phenoxy) is 1. The number of thioether (sulfide) groups is 1. The molecule has 0 radical (unpaired) electrons. The number of nitrogens with zero attached hydrogens (tertiary/aromatic N) is 3. The molecule has 3 heterocycles. The van der Waals surface area contributed by atoms with Crippen molar-refractivity contribution in [3.63, 3.8) is 0 Å². The summed E-state index contributed by atoms with van der Waals surface area (Å²) < 4.78 is 21.3. The number of carbonyl (C=O) groups excluding carboxylic acids is 2. The normalized spacial score (nSPS) is 18.7. The number of nitrogens with one attached hydrogen (secondary N) is 1. The highest BCUT2D eigenvalue weighted by molar-refractivity contribution is 8.00. The Labute approximate surface area is 242 Å². The van der Waals surface area contributed by atoms with Gasteiger partial charge in [-0.3, -0.25) is 14.5 Å². The second-order valence-corrected chi connectivity index (χ2v) is 11.4. The number of aromatic nitrogens is 2. The van der Waals surface area contributed by atoms with Crippen molar-refractivity contribution in [2.75, 3.05) is 30.3 Å². The van der Waals surface area contributed by atoms with Gasteiger partial charge in [-0.15, -0.1) is 11.8 Å². The minimum absolute atomic E-state index is 0.00948. The van der Waals surface area contributed by atoms with Crippen LogP contribution in [-0.4, -0.2) is 53.1 Å². The molecular weight excluding hydrogens is 539 g/mol. The Hall–Kier alpha value is -3.95. The molecule has 1 fully saturated rings. The Kier molecular flexibility index (Phi) is 7.89. The fourth-order valence-corrected chi connectivity index (χ4v) is 6.74. The van der Waals surface area contributed by atoms with Crippen molar-refractivity contribution < 1.29 is 18.7 Å². The number of hydrogen-bond acceptors (Lipinski definition) is 5. The molecule has 2 aliphatic rings. The molecule has 0 saturated carbocycles. The van der Waals surface area contributed by atoms with E-state index in [-0.39, 0.29) is 41.3 Å². The Bertz CT molecular complexity index is 1550. The zero-order chi connectivity index (χ0) is 28.3. The van der Waals surface area contributed by atoms with Crippen LogP contribution in [0.5, 0.6) is 0 Å². The van der Waals surface area contributed by atoms with Crippen molar-refractivity contribution in [1.29, 1.82) is 0 Å². The maximum atomic E-state index is 14.0. The van der Waals surface area contributed by atoms with Gasteiger partial charge in [-0.1, -0.05) is 54.6 Å². The van der Waals surface area contributed by atoms with Crippen molar-refractivity contribution in [2.24, 2.45) is 0 Å². The Morgan fingerprint density at radius 1 is 1.07 bits per heavy atom. The van der Waals surface area contributed by atoms with Crippen molar-refractivity contribution in [1.82, 2.24) is 15.1 Å². The molecule has 9 heteroatoms. The van der Waals surface area contributed by atoms with E-state index in [1.54, 1.807) is 16.8 Å². The van der Waals surface area contributed by atoms with Crippen molar-refractivity contribution in [3.8, 4) is 16.9 Å². The number of amides is 2. The van der Waals surface area contributed by atoms with E-state index in [9.17, 15) is 14.0 Å². The van der Waals surface area contributed by atoms with Crippen LogP contribution < -0.4 is 10.2 Å². The molecule has 2 aliphatic heterocycles. The average molecular weight is 571 g/mol. The van der Waals surface area contributed by atoms with Gasteiger partial charge in [0, 0.05) is 24.3 Å². The number of hydrogen-bond donors (Lipinski definition) is 1. The first-order valence-corrected chi connectivity index (χ1v) is 14.8. The molecule has 0 bridgehead atoms. The number of carbonyl (C=O) groups is 2. The lowest BCUT2D eigenvalue weighted by Gasteiger charge is -2.24. The maximum Gasteiger partial charge on any atom is 0.240 e. The summed E-state index contributed by atoms with van der Waals surface area (Å²) in [6, 6.07) is 24.0. The summed E-state index contributed by atoms with van der Waals surface area (Å²) in [5, 5.41) is 7.78. The van der Waals surface area contributed by atoms with E-state index >= 15 is 0 Å². The van der Waals surface area contributed by atoms with Gasteiger partial charge in [0.1, 0.15) is 18.2 Å². The minimum atomic E-state index is -0.370. The molecule has 7 nitrogen and oxygen atoms in total. The van der Waals surface area contributed by atoms with Gasteiger partial charge in [-0.25, -0.2) is 9.07 Å². The number of fused-ring (bicyclic) bond motifs is 1. The summed E-state index contributed by atoms with van der Waals surface area (Å²) in [5.41, 5.74) is 5.22. The molecule has 0 spiro atoms. The predicted octanol–water partition coefficient (Wildman–Crippen LogP) is 5.45. The summed E-state index contributed by atoms with van der Waals surface area (Å²) >= 11 is 1.53. The zero-order valence-corrected chi connectivity index (χ0v) is 23.6. The van der Waals surface area contributed by atoms with Gasteiger partial charge in [0.2, 0.25) is 11.8 Å². The number of benzene rings is 3. The van der Waals surface area contributed by atoms with Crippen LogP contribution >= 0.6 is 11.8 Å². The molecule has 6 rings (SSSR count). The molecular formula is C32H31FN4O3S. The van der Waals surface area contributed by atoms with Gasteiger partial charge in [-0.2, -0.15) is 5.10 Å². The molecule has 4 aromatic rings. The van der Waals surface area contributed by atoms with Crippen LogP contribution in [-0.2, 0) is 14.3 Å². The quantitative estimate of drug-likeness (QED) is 0.320. The van der Waals surface area contributed by atoms with Gasteiger partial charge < -0.3 is 10.1 Å². The van der Waals surface area contributed by atoms with Crippen LogP contribution in [0.2, 0.25) is 0 Å². The number of aryl methyl sites for hydroxylation is 1. The number of anilines is 1. The third-order valence-electron chi connectivity index (χ3n) is 7.53. The molecule has 41 heavy (non-hydrogen) atoms. The molecule has 3 aromatic carbocycles. The van der Waals surface area contributed by atoms with E-state index in [2.05, 4.69) is 24.4 Å². The van der Waals surface area contributed by atoms with E-state index in [1.807, 2.05) is 42.5 Å². The van der Waals surface area contributed by atoms with Gasteiger partial charge >= 0.3 is 0 Å². The third-order valence-corrected chi connectivity index (χ3v) is 8.77. The predicted molar refractivity (Wildman–Crippen MR) is 159 cm³/mol. The van der Waals surface area contributed by atoms with Crippen LogP contribution in [0.15, 0.2) is 78.9 Å². The van der Waals surface area contributed by atoms with Crippen LogP contribution in [0.4, 0.5) is 10.2 Å². The highest BCUT2D eigenvalue weighted by Gasteiger charge is 2.38. The monoisotopic (exact) mass is 570 g/mol. The Morgan fingerprint density at radius 3 is 2.56 bits per heavy atom. The first-order chi connectivity index (χ1) is 20.0. The zero-order valence-electron chi connectivity index (χ0n) is 22.8. The van der Waals surface area contributed by atoms with Gasteiger partial charge in [0.15, 0.2) is 0 Å². The van der Waals surface area contributed by atoms with E-state index in [1.165, 1.54) is 28.8 Å². The summed E-state index contributed by atoms with van der Waals surface area (Å²) in [4.78, 5) is 28.6. The lowest BCUT2D eigenvalue weighted by molar-refractivity contribution is -0.123. The third kappa shape index (κ3) is 5.64. The Morgan fingerprint density at radius 2 is 1.83 bits per heavy atom. The van der Waals surface area contributed by atoms with Gasteiger partial charge in [0.05, 0.1) is 28.5 Å². The first kappa shape index (κ1) is 27.2. The van der Waals surface area contributed by atoms with E-state index < -0.39 is 0 Å². The smallest absolute Gasteiger partial charge is 0.240 e. The summed E-state index contributed by atoms with van der Waals surface area (Å²) in [6.45, 7) is 3.00. The molecule has 2 atom stereocenters. The lowest BCUT2D eigenvalue weighted by Crippen LogP contribution is -2.44. The molecule has 2 amide bonds. The molecule has 0 unspecified atom stereocenters. The molecule has 210 valence electrons. The fourth-order valence-electron chi connectivity index (χ4n) is 5.45.